The first-order valence-electron chi connectivity index (χ1n) is 7.67. The Bertz CT molecular complexity index is 1170. The molecule has 0 unspecified atom stereocenters. The van der Waals surface area contributed by atoms with Gasteiger partial charge in [-0.3, -0.25) is 4.79 Å². The average Bonchev–Trinajstić information content (AvgIpc) is 3.29. The third kappa shape index (κ3) is 2.44. The number of ketones is 1. The lowest BCUT2D eigenvalue weighted by Gasteiger charge is -2.09. The SMILES string of the molecule is N#Cc1c(N)nc2sc(C(=O)c3cccs3)c(N)c2c1-c1ccccc1. The van der Waals surface area contributed by atoms with E-state index in [1.54, 1.807) is 6.07 Å². The second-order valence-electron chi connectivity index (χ2n) is 5.56. The maximum atomic E-state index is 12.8. The molecule has 0 bridgehead atoms. The number of rotatable bonds is 3. The van der Waals surface area contributed by atoms with E-state index in [1.165, 1.54) is 22.7 Å². The summed E-state index contributed by atoms with van der Waals surface area (Å²) in [7, 11) is 0. The highest BCUT2D eigenvalue weighted by Crippen LogP contribution is 2.43. The first-order chi connectivity index (χ1) is 12.6. The highest BCUT2D eigenvalue weighted by Gasteiger charge is 2.25. The zero-order chi connectivity index (χ0) is 18.3. The van der Waals surface area contributed by atoms with Gasteiger partial charge in [0.15, 0.2) is 0 Å². The molecule has 4 N–H and O–H groups in total. The normalized spacial score (nSPS) is 10.7. The van der Waals surface area contributed by atoms with Crippen LogP contribution in [0.2, 0.25) is 0 Å². The van der Waals surface area contributed by atoms with E-state index < -0.39 is 0 Å². The summed E-state index contributed by atoms with van der Waals surface area (Å²) in [6.07, 6.45) is 0. The van der Waals surface area contributed by atoms with Crippen LogP contribution < -0.4 is 11.5 Å². The van der Waals surface area contributed by atoms with Crippen LogP contribution in [0.4, 0.5) is 11.5 Å². The number of carbonyl (C=O) groups is 1. The number of nitrogens with zero attached hydrogens (tertiary/aromatic N) is 2. The lowest BCUT2D eigenvalue weighted by molar-refractivity contribution is 0.104. The summed E-state index contributed by atoms with van der Waals surface area (Å²) in [5.41, 5.74) is 14.4. The number of thiophene rings is 2. The summed E-state index contributed by atoms with van der Waals surface area (Å²) in [4.78, 5) is 18.7. The summed E-state index contributed by atoms with van der Waals surface area (Å²) >= 11 is 2.56. The Morgan fingerprint density at radius 1 is 1.12 bits per heavy atom. The van der Waals surface area contributed by atoms with Crippen molar-refractivity contribution >= 4 is 50.2 Å². The molecule has 0 aliphatic rings. The second-order valence-corrected chi connectivity index (χ2v) is 7.50. The highest BCUT2D eigenvalue weighted by molar-refractivity contribution is 7.22. The summed E-state index contributed by atoms with van der Waals surface area (Å²) < 4.78 is 0. The molecule has 126 valence electrons. The van der Waals surface area contributed by atoms with Gasteiger partial charge >= 0.3 is 0 Å². The Hall–Kier alpha value is -3.21. The Morgan fingerprint density at radius 3 is 2.54 bits per heavy atom. The van der Waals surface area contributed by atoms with Crippen molar-refractivity contribution in [3.05, 3.63) is 63.2 Å². The molecule has 0 fully saturated rings. The Morgan fingerprint density at radius 2 is 1.88 bits per heavy atom. The van der Waals surface area contributed by atoms with Gasteiger partial charge in [-0.1, -0.05) is 36.4 Å². The summed E-state index contributed by atoms with van der Waals surface area (Å²) in [6, 6.07) is 15.1. The topological polar surface area (TPSA) is 106 Å². The summed E-state index contributed by atoms with van der Waals surface area (Å²) in [5.74, 6) is -0.00758. The zero-order valence-corrected chi connectivity index (χ0v) is 15.0. The van der Waals surface area contributed by atoms with Crippen molar-refractivity contribution in [2.45, 2.75) is 0 Å². The molecule has 0 saturated heterocycles. The number of nitrogen functional groups attached to an aromatic ring is 2. The van der Waals surface area contributed by atoms with Crippen molar-refractivity contribution < 1.29 is 4.79 Å². The molecule has 1 aromatic carbocycles. The number of aromatic nitrogens is 1. The van der Waals surface area contributed by atoms with Crippen molar-refractivity contribution in [1.82, 2.24) is 4.98 Å². The van der Waals surface area contributed by atoms with Crippen molar-refractivity contribution in [3.8, 4) is 17.2 Å². The number of benzene rings is 1. The third-order valence-corrected chi connectivity index (χ3v) is 6.00. The lowest BCUT2D eigenvalue weighted by Crippen LogP contribution is -2.01. The van der Waals surface area contributed by atoms with Crippen LogP contribution in [0.15, 0.2) is 47.8 Å². The van der Waals surface area contributed by atoms with Gasteiger partial charge in [0.2, 0.25) is 5.78 Å². The smallest absolute Gasteiger partial charge is 0.215 e. The molecular weight excluding hydrogens is 364 g/mol. The second kappa shape index (κ2) is 6.26. The van der Waals surface area contributed by atoms with Crippen LogP contribution in [0.5, 0.6) is 0 Å². The van der Waals surface area contributed by atoms with E-state index in [0.29, 0.717) is 31.2 Å². The molecule has 4 aromatic rings. The van der Waals surface area contributed by atoms with Crippen LogP contribution in [-0.2, 0) is 0 Å². The molecule has 3 aromatic heterocycles. The molecule has 26 heavy (non-hydrogen) atoms. The van der Waals surface area contributed by atoms with E-state index in [2.05, 4.69) is 11.1 Å². The third-order valence-electron chi connectivity index (χ3n) is 4.03. The predicted molar refractivity (Wildman–Crippen MR) is 106 cm³/mol. The number of fused-ring (bicyclic) bond motifs is 1. The van der Waals surface area contributed by atoms with Crippen molar-refractivity contribution in [3.63, 3.8) is 0 Å². The molecule has 5 nitrogen and oxygen atoms in total. The molecular formula is C19H12N4OS2. The van der Waals surface area contributed by atoms with E-state index in [9.17, 15) is 10.1 Å². The molecule has 0 aliphatic heterocycles. The van der Waals surface area contributed by atoms with Crippen LogP contribution in [0.3, 0.4) is 0 Å². The first kappa shape index (κ1) is 16.3. The van der Waals surface area contributed by atoms with Crippen LogP contribution in [0.25, 0.3) is 21.3 Å². The maximum Gasteiger partial charge on any atom is 0.215 e. The minimum Gasteiger partial charge on any atom is -0.397 e. The Kier molecular flexibility index (Phi) is 3.92. The van der Waals surface area contributed by atoms with Crippen molar-refractivity contribution in [1.29, 1.82) is 5.26 Å². The Balaban J connectivity index is 2.06. The number of anilines is 2. The van der Waals surface area contributed by atoms with Gasteiger partial charge in [-0.25, -0.2) is 4.98 Å². The molecule has 0 radical (unpaired) electrons. The van der Waals surface area contributed by atoms with E-state index in [4.69, 9.17) is 11.5 Å². The highest BCUT2D eigenvalue weighted by atomic mass is 32.1. The van der Waals surface area contributed by atoms with E-state index in [1.807, 2.05) is 41.8 Å². The van der Waals surface area contributed by atoms with Gasteiger partial charge in [-0.2, -0.15) is 5.26 Å². The maximum absolute atomic E-state index is 12.8. The van der Waals surface area contributed by atoms with Crippen LogP contribution in [0.1, 0.15) is 20.1 Å². The molecule has 0 spiro atoms. The molecule has 7 heteroatoms. The number of nitriles is 1. The van der Waals surface area contributed by atoms with Crippen LogP contribution in [0, 0.1) is 11.3 Å². The summed E-state index contributed by atoms with van der Waals surface area (Å²) in [5, 5.41) is 12.1. The Labute approximate surface area is 157 Å². The van der Waals surface area contributed by atoms with Gasteiger partial charge < -0.3 is 11.5 Å². The van der Waals surface area contributed by atoms with Gasteiger partial charge in [0.05, 0.1) is 10.6 Å². The monoisotopic (exact) mass is 376 g/mol. The number of nitrogens with two attached hydrogens (primary N) is 2. The number of pyridine rings is 1. The summed E-state index contributed by atoms with van der Waals surface area (Å²) in [6.45, 7) is 0. The quantitative estimate of drug-likeness (QED) is 0.519. The van der Waals surface area contributed by atoms with Gasteiger partial charge in [0, 0.05) is 10.9 Å². The van der Waals surface area contributed by atoms with Gasteiger partial charge in [-0.05, 0) is 17.0 Å². The van der Waals surface area contributed by atoms with Gasteiger partial charge in [0.25, 0.3) is 0 Å². The van der Waals surface area contributed by atoms with Gasteiger partial charge in [-0.15, -0.1) is 22.7 Å². The van der Waals surface area contributed by atoms with Gasteiger partial charge in [0.1, 0.15) is 27.2 Å². The number of hydrogen-bond acceptors (Lipinski definition) is 7. The fraction of sp³-hybridized carbons (Fsp3) is 0. The van der Waals surface area contributed by atoms with Crippen LogP contribution in [-0.4, -0.2) is 10.8 Å². The first-order valence-corrected chi connectivity index (χ1v) is 9.36. The average molecular weight is 376 g/mol. The standard InChI is InChI=1S/C19H12N4OS2/c20-9-11-13(10-5-2-1-3-6-10)14-15(21)17(26-19(14)23-18(11)22)16(24)12-7-4-8-25-12/h1-8H,21H2,(H2,22,23). The molecule has 0 saturated carbocycles. The van der Waals surface area contributed by atoms with Crippen LogP contribution >= 0.6 is 22.7 Å². The lowest BCUT2D eigenvalue weighted by atomic mass is 9.97. The minimum absolute atomic E-state index is 0.134. The molecule has 0 aliphatic carbocycles. The fourth-order valence-corrected chi connectivity index (χ4v) is 4.67. The molecule has 0 amide bonds. The number of hydrogen-bond donors (Lipinski definition) is 2. The largest absolute Gasteiger partial charge is 0.397 e. The van der Waals surface area contributed by atoms with E-state index >= 15 is 0 Å². The van der Waals surface area contributed by atoms with E-state index in [0.717, 1.165) is 5.56 Å². The van der Waals surface area contributed by atoms with Crippen molar-refractivity contribution in [2.75, 3.05) is 11.5 Å². The minimum atomic E-state index is -0.142. The number of carbonyl (C=O) groups excluding carboxylic acids is 1. The fourth-order valence-electron chi connectivity index (χ4n) is 2.87. The zero-order valence-electron chi connectivity index (χ0n) is 13.4. The predicted octanol–water partition coefficient (Wildman–Crippen LogP) is 4.29. The molecule has 3 heterocycles. The van der Waals surface area contributed by atoms with Crippen molar-refractivity contribution in [2.24, 2.45) is 0 Å². The molecule has 4 rings (SSSR count). The molecule has 0 atom stereocenters. The van der Waals surface area contributed by atoms with E-state index in [-0.39, 0.29) is 17.2 Å².